The van der Waals surface area contributed by atoms with Gasteiger partial charge in [0.2, 0.25) is 21.8 Å². The number of furan rings is 1. The third-order valence-electron chi connectivity index (χ3n) is 12.4. The zero-order valence-electron chi connectivity index (χ0n) is 34.4. The maximum absolute atomic E-state index is 14.9. The molecule has 318 valence electrons. The quantitative estimate of drug-likeness (QED) is 0.109. The number of benzene rings is 2. The van der Waals surface area contributed by atoms with Crippen molar-refractivity contribution in [1.82, 2.24) is 19.9 Å². The summed E-state index contributed by atoms with van der Waals surface area (Å²) < 4.78 is 52.3. The summed E-state index contributed by atoms with van der Waals surface area (Å²) in [6.07, 6.45) is 4.95. The predicted octanol–water partition coefficient (Wildman–Crippen LogP) is 6.21. The molecule has 8 rings (SSSR count). The Morgan fingerprint density at radius 2 is 1.77 bits per heavy atom. The molecule has 2 aromatic carbocycles. The number of aromatic nitrogens is 1. The van der Waals surface area contributed by atoms with Crippen LogP contribution in [0.15, 0.2) is 71.7 Å². The van der Waals surface area contributed by atoms with E-state index in [1.807, 2.05) is 57.2 Å². The number of esters is 1. The van der Waals surface area contributed by atoms with Crippen LogP contribution in [0.4, 0.5) is 0 Å². The van der Waals surface area contributed by atoms with E-state index in [-0.39, 0.29) is 31.9 Å². The van der Waals surface area contributed by atoms with Gasteiger partial charge in [-0.3, -0.25) is 23.9 Å². The highest BCUT2D eigenvalue weighted by molar-refractivity contribution is 7.91. The fourth-order valence-corrected chi connectivity index (χ4v) is 9.96. The monoisotopic (exact) mass is 840 g/mol. The fraction of sp³-hybridized carbons (Fsp3) is 0.489. The number of nitrogens with one attached hydrogen (secondary N) is 2. The van der Waals surface area contributed by atoms with Crippen molar-refractivity contribution in [3.63, 3.8) is 0 Å². The average Bonchev–Trinajstić information content (AvgIpc) is 4.04. The molecule has 3 saturated carbocycles. The number of fused-ring (bicyclic) bond motifs is 3. The molecule has 3 aliphatic carbocycles. The second-order valence-corrected chi connectivity index (χ2v) is 19.7. The molecule has 0 unspecified atom stereocenters. The van der Waals surface area contributed by atoms with E-state index in [0.717, 1.165) is 31.2 Å². The lowest BCUT2D eigenvalue weighted by Gasteiger charge is -2.35. The topological polar surface area (TPSA) is 183 Å². The van der Waals surface area contributed by atoms with Crippen LogP contribution in [-0.2, 0) is 33.9 Å². The molecule has 3 amide bonds. The molecule has 4 fully saturated rings. The number of rotatable bonds is 14. The predicted molar refractivity (Wildman–Crippen MR) is 223 cm³/mol. The molecule has 5 atom stereocenters. The van der Waals surface area contributed by atoms with Crippen LogP contribution in [0.5, 0.6) is 11.5 Å². The highest BCUT2D eigenvalue weighted by Crippen LogP contribution is 2.46. The third kappa shape index (κ3) is 8.20. The summed E-state index contributed by atoms with van der Waals surface area (Å²) in [4.78, 5) is 62.9. The van der Waals surface area contributed by atoms with Gasteiger partial charge >= 0.3 is 5.97 Å². The summed E-state index contributed by atoms with van der Waals surface area (Å²) in [6, 6.07) is 15.6. The van der Waals surface area contributed by atoms with Crippen LogP contribution in [-0.4, -0.2) is 84.7 Å². The number of ether oxygens (including phenoxy) is 3. The number of sulfonamides is 1. The smallest absolute Gasteiger partial charge is 0.306 e. The molecule has 1 aliphatic heterocycles. The first kappa shape index (κ1) is 41.3. The Morgan fingerprint density at radius 3 is 2.42 bits per heavy atom. The molecule has 15 heteroatoms. The van der Waals surface area contributed by atoms with Crippen LogP contribution in [0.1, 0.15) is 78.6 Å². The number of hydrogen-bond acceptors (Lipinski definition) is 11. The summed E-state index contributed by atoms with van der Waals surface area (Å²) in [7, 11) is -2.34. The van der Waals surface area contributed by atoms with E-state index in [0.29, 0.717) is 52.1 Å². The fourth-order valence-electron chi connectivity index (χ4n) is 8.60. The molecular formula is C45H52N4O10S. The summed E-state index contributed by atoms with van der Waals surface area (Å²) in [5, 5.41) is 2.90. The highest BCUT2D eigenvalue weighted by atomic mass is 32.2. The molecule has 3 heterocycles. The minimum Gasteiger partial charge on any atom is -0.497 e. The van der Waals surface area contributed by atoms with Gasteiger partial charge < -0.3 is 28.8 Å². The van der Waals surface area contributed by atoms with Crippen molar-refractivity contribution < 1.29 is 46.2 Å². The van der Waals surface area contributed by atoms with Crippen molar-refractivity contribution in [3.05, 3.63) is 67.3 Å². The van der Waals surface area contributed by atoms with Crippen molar-refractivity contribution in [3.8, 4) is 22.8 Å². The van der Waals surface area contributed by atoms with Gasteiger partial charge in [0.1, 0.15) is 40.6 Å². The standard InChI is InChI=1S/C45H52N4O10S/c1-6-27-24-45(27,43(53)48-60(54,55)31-17-18-31)47-41(51)35-21-30(25-49(35)42(52)33(44(2,3)4)22-38(50)58-28-14-10-11-15-28)57-37-23-34(26-12-8-7-9-13-26)46-39-32-20-29(56-5)16-19-36(32)59-40(37)39/h6-9,12-13,16,19-20,23,27-28,30-31,33,35H,1,10-11,14-15,17-18,21-22,24-25H2,2-5H3,(H,47,51)(H,48,53)/t27-,30-,33-,35+,45-/m1/s1. The van der Waals surface area contributed by atoms with Crippen molar-refractivity contribution in [1.29, 1.82) is 0 Å². The molecular weight excluding hydrogens is 789 g/mol. The average molecular weight is 841 g/mol. The molecule has 1 saturated heterocycles. The Hall–Kier alpha value is -5.44. The second kappa shape index (κ2) is 15.9. The van der Waals surface area contributed by atoms with Crippen LogP contribution in [0, 0.1) is 17.3 Å². The van der Waals surface area contributed by atoms with Gasteiger partial charge in [-0.1, -0.05) is 57.2 Å². The van der Waals surface area contributed by atoms with Crippen LogP contribution in [0.25, 0.3) is 33.3 Å². The van der Waals surface area contributed by atoms with E-state index in [9.17, 15) is 27.6 Å². The van der Waals surface area contributed by atoms with Gasteiger partial charge in [0.15, 0.2) is 11.3 Å². The van der Waals surface area contributed by atoms with E-state index >= 15 is 0 Å². The van der Waals surface area contributed by atoms with Gasteiger partial charge in [0, 0.05) is 24.0 Å². The number of pyridine rings is 1. The first-order valence-electron chi connectivity index (χ1n) is 20.7. The van der Waals surface area contributed by atoms with E-state index in [1.54, 1.807) is 25.3 Å². The molecule has 2 N–H and O–H groups in total. The summed E-state index contributed by atoms with van der Waals surface area (Å²) >= 11 is 0. The lowest BCUT2D eigenvalue weighted by molar-refractivity contribution is -0.156. The molecule has 14 nitrogen and oxygen atoms in total. The maximum Gasteiger partial charge on any atom is 0.306 e. The number of carbonyl (C=O) groups is 4. The zero-order chi connectivity index (χ0) is 42.6. The number of nitrogens with zero attached hydrogens (tertiary/aromatic N) is 2. The Morgan fingerprint density at radius 1 is 1.03 bits per heavy atom. The van der Waals surface area contributed by atoms with Crippen molar-refractivity contribution in [2.75, 3.05) is 13.7 Å². The van der Waals surface area contributed by atoms with Gasteiger partial charge in [0.25, 0.3) is 5.91 Å². The summed E-state index contributed by atoms with van der Waals surface area (Å²) in [5.74, 6) is -2.85. The van der Waals surface area contributed by atoms with Gasteiger partial charge in [-0.05, 0) is 68.6 Å². The molecule has 2 aromatic heterocycles. The molecule has 0 radical (unpaired) electrons. The highest BCUT2D eigenvalue weighted by Gasteiger charge is 2.62. The number of hydrogen-bond donors (Lipinski definition) is 2. The van der Waals surface area contributed by atoms with E-state index < -0.39 is 73.9 Å². The third-order valence-corrected chi connectivity index (χ3v) is 14.2. The Labute approximate surface area is 349 Å². The second-order valence-electron chi connectivity index (χ2n) is 17.7. The Bertz CT molecular complexity index is 2450. The number of amides is 3. The molecule has 0 spiro atoms. The minimum absolute atomic E-state index is 0.0102. The van der Waals surface area contributed by atoms with Crippen molar-refractivity contribution in [2.24, 2.45) is 17.3 Å². The Kier molecular flexibility index (Phi) is 10.9. The minimum atomic E-state index is -3.92. The number of methoxy groups -OCH3 is 1. The first-order valence-corrected chi connectivity index (χ1v) is 22.3. The molecule has 4 aliphatic rings. The van der Waals surface area contributed by atoms with E-state index in [2.05, 4.69) is 16.6 Å². The molecule has 0 bridgehead atoms. The number of likely N-dealkylation sites (tertiary alicyclic amines) is 1. The van der Waals surface area contributed by atoms with Gasteiger partial charge in [0.05, 0.1) is 42.3 Å². The van der Waals surface area contributed by atoms with Crippen LogP contribution in [0.3, 0.4) is 0 Å². The Balaban J connectivity index is 1.13. The SMILES string of the molecule is C=C[C@@H]1C[C@]1(NC(=O)[C@@H]1C[C@@H](Oc2cc(-c3ccccc3)nc3c2oc2ccc(OC)cc23)CN1C(=O)[C@@H](CC(=O)OC1CCCC1)C(C)(C)C)C(=O)NS(=O)(=O)C1CC1. The van der Waals surface area contributed by atoms with E-state index in [1.165, 1.54) is 11.0 Å². The first-order chi connectivity index (χ1) is 28.6. The lowest BCUT2D eigenvalue weighted by atomic mass is 9.77. The van der Waals surface area contributed by atoms with Crippen LogP contribution in [0.2, 0.25) is 0 Å². The summed E-state index contributed by atoms with van der Waals surface area (Å²) in [5.41, 5.74) is 0.604. The molecule has 4 aromatic rings. The van der Waals surface area contributed by atoms with Crippen LogP contribution < -0.4 is 19.5 Å². The van der Waals surface area contributed by atoms with Crippen LogP contribution >= 0.6 is 0 Å². The maximum atomic E-state index is 14.9. The normalized spacial score (nSPS) is 23.6. The van der Waals surface area contributed by atoms with Crippen molar-refractivity contribution in [2.45, 2.75) is 108 Å². The van der Waals surface area contributed by atoms with E-state index in [4.69, 9.17) is 23.6 Å². The van der Waals surface area contributed by atoms with Crippen molar-refractivity contribution >= 4 is 55.8 Å². The zero-order valence-corrected chi connectivity index (χ0v) is 35.2. The largest absolute Gasteiger partial charge is 0.497 e. The number of carbonyl (C=O) groups excluding carboxylic acids is 4. The van der Waals surface area contributed by atoms with Gasteiger partial charge in [-0.15, -0.1) is 6.58 Å². The van der Waals surface area contributed by atoms with Gasteiger partial charge in [-0.25, -0.2) is 13.4 Å². The molecule has 60 heavy (non-hydrogen) atoms. The summed E-state index contributed by atoms with van der Waals surface area (Å²) in [6.45, 7) is 9.37. The van der Waals surface area contributed by atoms with Gasteiger partial charge in [-0.2, -0.15) is 0 Å². The lowest BCUT2D eigenvalue weighted by Crippen LogP contribution is -2.57.